The van der Waals surface area contributed by atoms with E-state index in [0.29, 0.717) is 4.67 Å². The highest BCUT2D eigenvalue weighted by molar-refractivity contribution is 9.10. The van der Waals surface area contributed by atoms with Gasteiger partial charge in [-0.1, -0.05) is 0 Å². The van der Waals surface area contributed by atoms with Crippen molar-refractivity contribution in [2.75, 3.05) is 13.7 Å². The van der Waals surface area contributed by atoms with Crippen molar-refractivity contribution >= 4 is 39.4 Å². The molecule has 1 unspecified atom stereocenters. The van der Waals surface area contributed by atoms with Gasteiger partial charge in [0.15, 0.2) is 10.4 Å². The number of furan rings is 1. The Morgan fingerprint density at radius 2 is 2.31 bits per heavy atom. The van der Waals surface area contributed by atoms with Gasteiger partial charge in [0.05, 0.1) is 7.11 Å². The highest BCUT2D eigenvalue weighted by Gasteiger charge is 2.18. The van der Waals surface area contributed by atoms with Crippen LogP contribution in [0.3, 0.4) is 0 Å². The molecule has 0 aliphatic heterocycles. The molecule has 0 aromatic carbocycles. The minimum absolute atomic E-state index is 0.0224. The molecule has 7 heteroatoms. The average molecular weight is 311 g/mol. The first-order chi connectivity index (χ1) is 7.54. The molecule has 5 nitrogen and oxygen atoms in total. The molecule has 1 atom stereocenters. The second-order valence-electron chi connectivity index (χ2n) is 2.80. The third-order valence-electron chi connectivity index (χ3n) is 1.70. The minimum Gasteiger partial charge on any atom is -0.468 e. The summed E-state index contributed by atoms with van der Waals surface area (Å²) in [5.74, 6) is -0.900. The van der Waals surface area contributed by atoms with E-state index in [9.17, 15) is 9.59 Å². The Kier molecular flexibility index (Phi) is 4.82. The number of esters is 1. The summed E-state index contributed by atoms with van der Waals surface area (Å²) in [7, 11) is 1.23. The summed E-state index contributed by atoms with van der Waals surface area (Å²) in [6, 6.07) is 3.09. The van der Waals surface area contributed by atoms with E-state index in [1.54, 1.807) is 6.07 Å². The summed E-state index contributed by atoms with van der Waals surface area (Å²) in [4.78, 5) is 22.4. The molecule has 1 aromatic rings. The van der Waals surface area contributed by atoms with Crippen molar-refractivity contribution in [1.82, 2.24) is 5.32 Å². The van der Waals surface area contributed by atoms with Crippen molar-refractivity contribution in [3.8, 4) is 0 Å². The fraction of sp³-hybridized carbons (Fsp3) is 0.333. The molecule has 1 aromatic heterocycles. The van der Waals surface area contributed by atoms with E-state index in [0.717, 1.165) is 0 Å². The average Bonchev–Trinajstić information content (AvgIpc) is 2.71. The Balaban J connectivity index is 2.44. The number of halogens is 2. The first-order valence-electron chi connectivity index (χ1n) is 4.30. The van der Waals surface area contributed by atoms with E-state index in [2.05, 4.69) is 26.0 Å². The van der Waals surface area contributed by atoms with Crippen molar-refractivity contribution in [2.24, 2.45) is 0 Å². The Hall–Kier alpha value is -1.01. The van der Waals surface area contributed by atoms with Crippen LogP contribution in [0, 0.1) is 0 Å². The van der Waals surface area contributed by atoms with Gasteiger partial charge in [-0.3, -0.25) is 9.59 Å². The Morgan fingerprint density at radius 1 is 1.62 bits per heavy atom. The van der Waals surface area contributed by atoms with E-state index < -0.39 is 17.3 Å². The third-order valence-corrected chi connectivity index (χ3v) is 2.45. The van der Waals surface area contributed by atoms with Gasteiger partial charge < -0.3 is 14.5 Å². The third kappa shape index (κ3) is 3.53. The monoisotopic (exact) mass is 309 g/mol. The number of amides is 1. The van der Waals surface area contributed by atoms with E-state index in [1.165, 1.54) is 13.2 Å². The normalized spacial score (nSPS) is 11.9. The largest absolute Gasteiger partial charge is 0.468 e. The van der Waals surface area contributed by atoms with Crippen LogP contribution in [0.15, 0.2) is 21.2 Å². The molecule has 1 heterocycles. The molecule has 0 spiro atoms. The molecule has 0 radical (unpaired) electrons. The van der Waals surface area contributed by atoms with Gasteiger partial charge in [0.1, 0.15) is 5.38 Å². The van der Waals surface area contributed by atoms with Crippen molar-refractivity contribution in [3.63, 3.8) is 0 Å². The number of carbonyl (C=O) groups excluding carboxylic acids is 2. The van der Waals surface area contributed by atoms with Gasteiger partial charge >= 0.3 is 5.97 Å². The fourth-order valence-corrected chi connectivity index (χ4v) is 1.39. The van der Waals surface area contributed by atoms with Gasteiger partial charge in [0, 0.05) is 6.54 Å². The SMILES string of the molecule is COC(=O)C(Cl)CNC(=O)c1ccc(Br)o1. The summed E-state index contributed by atoms with van der Waals surface area (Å²) in [5.41, 5.74) is 0. The molecule has 0 aliphatic rings. The molecule has 0 saturated carbocycles. The lowest BCUT2D eigenvalue weighted by atomic mass is 10.4. The van der Waals surface area contributed by atoms with Crippen molar-refractivity contribution < 1.29 is 18.7 Å². The molecule has 1 amide bonds. The van der Waals surface area contributed by atoms with E-state index in [-0.39, 0.29) is 12.3 Å². The van der Waals surface area contributed by atoms with Crippen LogP contribution in [-0.2, 0) is 9.53 Å². The van der Waals surface area contributed by atoms with Crippen molar-refractivity contribution in [2.45, 2.75) is 5.38 Å². The lowest BCUT2D eigenvalue weighted by Gasteiger charge is -2.07. The minimum atomic E-state index is -0.910. The Morgan fingerprint density at radius 3 is 2.81 bits per heavy atom. The van der Waals surface area contributed by atoms with Crippen LogP contribution in [0.1, 0.15) is 10.6 Å². The maximum absolute atomic E-state index is 11.4. The molecule has 0 aliphatic carbocycles. The van der Waals surface area contributed by atoms with Crippen LogP contribution in [-0.4, -0.2) is 30.9 Å². The van der Waals surface area contributed by atoms with Gasteiger partial charge in [-0.15, -0.1) is 11.6 Å². The molecule has 16 heavy (non-hydrogen) atoms. The van der Waals surface area contributed by atoms with Crippen molar-refractivity contribution in [3.05, 3.63) is 22.6 Å². The summed E-state index contributed by atoms with van der Waals surface area (Å²) < 4.78 is 9.86. The van der Waals surface area contributed by atoms with E-state index in [4.69, 9.17) is 16.0 Å². The number of rotatable bonds is 4. The zero-order valence-electron chi connectivity index (χ0n) is 8.33. The number of nitrogens with one attached hydrogen (secondary N) is 1. The van der Waals surface area contributed by atoms with Gasteiger partial charge in [0.25, 0.3) is 5.91 Å². The Labute approximate surface area is 105 Å². The van der Waals surface area contributed by atoms with Crippen LogP contribution in [0.4, 0.5) is 0 Å². The smallest absolute Gasteiger partial charge is 0.325 e. The van der Waals surface area contributed by atoms with Crippen LogP contribution < -0.4 is 5.32 Å². The second-order valence-corrected chi connectivity index (χ2v) is 4.11. The van der Waals surface area contributed by atoms with Crippen LogP contribution in [0.2, 0.25) is 0 Å². The predicted molar refractivity (Wildman–Crippen MR) is 60.4 cm³/mol. The number of ether oxygens (including phenoxy) is 1. The van der Waals surface area contributed by atoms with Crippen LogP contribution >= 0.6 is 27.5 Å². The molecule has 0 saturated heterocycles. The topological polar surface area (TPSA) is 68.5 Å². The highest BCUT2D eigenvalue weighted by Crippen LogP contribution is 2.13. The molecular weight excluding hydrogens is 301 g/mol. The number of hydrogen-bond donors (Lipinski definition) is 1. The number of hydrogen-bond acceptors (Lipinski definition) is 4. The maximum atomic E-state index is 11.4. The fourth-order valence-electron chi connectivity index (χ4n) is 0.917. The summed E-state index contributed by atoms with van der Waals surface area (Å²) in [5, 5.41) is 1.53. The van der Waals surface area contributed by atoms with Crippen molar-refractivity contribution in [1.29, 1.82) is 0 Å². The first-order valence-corrected chi connectivity index (χ1v) is 5.53. The molecule has 1 rings (SSSR count). The van der Waals surface area contributed by atoms with E-state index in [1.807, 2.05) is 0 Å². The predicted octanol–water partition coefficient (Wildman–Crippen LogP) is 1.55. The highest BCUT2D eigenvalue weighted by atomic mass is 79.9. The standard InChI is InChI=1S/C9H9BrClNO4/c1-15-9(14)5(11)4-12-8(13)6-2-3-7(10)16-6/h2-3,5H,4H2,1H3,(H,12,13). The van der Waals surface area contributed by atoms with Gasteiger partial charge in [-0.2, -0.15) is 0 Å². The quantitative estimate of drug-likeness (QED) is 0.677. The zero-order valence-corrected chi connectivity index (χ0v) is 10.7. The number of carbonyl (C=O) groups is 2. The van der Waals surface area contributed by atoms with Crippen LogP contribution in [0.5, 0.6) is 0 Å². The molecule has 88 valence electrons. The lowest BCUT2D eigenvalue weighted by Crippen LogP contribution is -2.34. The first kappa shape index (κ1) is 13.1. The molecular formula is C9H9BrClNO4. The zero-order chi connectivity index (χ0) is 12.1. The maximum Gasteiger partial charge on any atom is 0.325 e. The molecule has 0 fully saturated rings. The molecule has 0 bridgehead atoms. The number of alkyl halides is 1. The van der Waals surface area contributed by atoms with Gasteiger partial charge in [-0.25, -0.2) is 0 Å². The van der Waals surface area contributed by atoms with Gasteiger partial charge in [-0.05, 0) is 28.1 Å². The Bertz CT molecular complexity index is 393. The molecule has 1 N–H and O–H groups in total. The lowest BCUT2D eigenvalue weighted by molar-refractivity contribution is -0.140. The van der Waals surface area contributed by atoms with Crippen LogP contribution in [0.25, 0.3) is 0 Å². The summed E-state index contributed by atoms with van der Waals surface area (Å²) in [6.07, 6.45) is 0. The number of methoxy groups -OCH3 is 1. The summed E-state index contributed by atoms with van der Waals surface area (Å²) in [6.45, 7) is -0.0224. The van der Waals surface area contributed by atoms with E-state index >= 15 is 0 Å². The second kappa shape index (κ2) is 5.91. The summed E-state index contributed by atoms with van der Waals surface area (Å²) >= 11 is 8.71. The van der Waals surface area contributed by atoms with Gasteiger partial charge in [0.2, 0.25) is 0 Å².